The monoisotopic (exact) mass is 231 g/mol. The largest absolute Gasteiger partial charge is 0.451 e. The van der Waals surface area contributed by atoms with Crippen LogP contribution in [0, 0.1) is 11.3 Å². The first kappa shape index (κ1) is 9.26. The Kier molecular flexibility index (Phi) is 2.87. The zero-order valence-corrected chi connectivity index (χ0v) is 7.52. The van der Waals surface area contributed by atoms with Gasteiger partial charge in [0.15, 0.2) is 16.9 Å². The molecule has 1 aromatic rings. The highest BCUT2D eigenvalue weighted by Gasteiger charge is 2.20. The minimum atomic E-state index is -1.46. The third-order valence-corrected chi connectivity index (χ3v) is 1.74. The van der Waals surface area contributed by atoms with Gasteiger partial charge in [0.2, 0.25) is 0 Å². The minimum absolute atomic E-state index is 0.163. The predicted molar refractivity (Wildman–Crippen MR) is 43.0 cm³/mol. The normalized spacial score (nSPS) is 15.2. The lowest BCUT2D eigenvalue weighted by atomic mass is 10.2. The van der Waals surface area contributed by atoms with Crippen molar-refractivity contribution in [3.8, 4) is 6.07 Å². The molecule has 0 spiro atoms. The number of nitriles is 1. The van der Waals surface area contributed by atoms with Crippen LogP contribution in [0.25, 0.3) is 0 Å². The van der Waals surface area contributed by atoms with E-state index >= 15 is 0 Å². The molecule has 0 saturated heterocycles. The van der Waals surface area contributed by atoms with Crippen LogP contribution in [0.5, 0.6) is 0 Å². The smallest absolute Gasteiger partial charge is 0.173 e. The molecule has 0 aromatic carbocycles. The lowest BCUT2D eigenvalue weighted by Gasteiger charge is -2.07. The van der Waals surface area contributed by atoms with Crippen LogP contribution >= 0.6 is 15.9 Å². The Morgan fingerprint density at radius 1 is 1.50 bits per heavy atom. The second kappa shape index (κ2) is 3.72. The molecule has 0 aliphatic heterocycles. The van der Waals surface area contributed by atoms with E-state index in [4.69, 9.17) is 14.8 Å². The van der Waals surface area contributed by atoms with Gasteiger partial charge in [-0.1, -0.05) is 0 Å². The van der Waals surface area contributed by atoms with Crippen LogP contribution in [0.1, 0.15) is 11.9 Å². The molecule has 0 radical (unpaired) electrons. The molecule has 4 nitrogen and oxygen atoms in total. The van der Waals surface area contributed by atoms with Gasteiger partial charge in [-0.25, -0.2) is 0 Å². The lowest BCUT2D eigenvalue weighted by molar-refractivity contribution is 0.0371. The van der Waals surface area contributed by atoms with E-state index in [1.54, 1.807) is 6.07 Å². The van der Waals surface area contributed by atoms with E-state index in [0.29, 0.717) is 4.67 Å². The maximum absolute atomic E-state index is 9.22. The van der Waals surface area contributed by atoms with Crippen molar-refractivity contribution in [2.24, 2.45) is 0 Å². The molecule has 0 saturated carbocycles. The summed E-state index contributed by atoms with van der Waals surface area (Å²) in [6.07, 6.45) is -2.75. The van der Waals surface area contributed by atoms with Gasteiger partial charge in [0.1, 0.15) is 5.76 Å². The minimum Gasteiger partial charge on any atom is -0.451 e. The molecule has 0 bridgehead atoms. The second-order valence-electron chi connectivity index (χ2n) is 2.16. The van der Waals surface area contributed by atoms with Gasteiger partial charge in [-0.3, -0.25) is 0 Å². The molecule has 12 heavy (non-hydrogen) atoms. The molecule has 2 N–H and O–H groups in total. The van der Waals surface area contributed by atoms with Crippen LogP contribution in [-0.4, -0.2) is 16.3 Å². The number of aliphatic hydroxyl groups is 2. The van der Waals surface area contributed by atoms with Gasteiger partial charge in [-0.05, 0) is 28.1 Å². The van der Waals surface area contributed by atoms with Crippen molar-refractivity contribution in [3.63, 3.8) is 0 Å². The Bertz CT molecular complexity index is 304. The van der Waals surface area contributed by atoms with Gasteiger partial charge in [0, 0.05) is 0 Å². The van der Waals surface area contributed by atoms with Crippen LogP contribution in [0.4, 0.5) is 0 Å². The highest BCUT2D eigenvalue weighted by atomic mass is 79.9. The lowest BCUT2D eigenvalue weighted by Crippen LogP contribution is -2.14. The Morgan fingerprint density at radius 2 is 2.17 bits per heavy atom. The first-order valence-corrected chi connectivity index (χ1v) is 3.95. The zero-order chi connectivity index (χ0) is 9.14. The summed E-state index contributed by atoms with van der Waals surface area (Å²) in [7, 11) is 0. The maximum atomic E-state index is 9.22. The van der Waals surface area contributed by atoms with Crippen LogP contribution in [-0.2, 0) is 0 Å². The van der Waals surface area contributed by atoms with Crippen LogP contribution in [0.3, 0.4) is 0 Å². The van der Waals surface area contributed by atoms with E-state index in [1.807, 2.05) is 0 Å². The van der Waals surface area contributed by atoms with Crippen molar-refractivity contribution in [1.29, 1.82) is 5.26 Å². The molecular weight excluding hydrogens is 226 g/mol. The van der Waals surface area contributed by atoms with Gasteiger partial charge >= 0.3 is 0 Å². The molecule has 2 atom stereocenters. The van der Waals surface area contributed by atoms with E-state index in [9.17, 15) is 5.11 Å². The fraction of sp³-hybridized carbons (Fsp3) is 0.286. The summed E-state index contributed by atoms with van der Waals surface area (Å²) < 4.78 is 5.37. The maximum Gasteiger partial charge on any atom is 0.173 e. The average molecular weight is 232 g/mol. The fourth-order valence-corrected chi connectivity index (χ4v) is 1.03. The van der Waals surface area contributed by atoms with Crippen LogP contribution < -0.4 is 0 Å². The number of hydrogen-bond donors (Lipinski definition) is 2. The summed E-state index contributed by atoms with van der Waals surface area (Å²) in [6, 6.07) is 4.56. The topological polar surface area (TPSA) is 77.4 Å². The molecule has 1 rings (SSSR count). The highest BCUT2D eigenvalue weighted by Crippen LogP contribution is 2.22. The molecule has 1 heterocycles. The van der Waals surface area contributed by atoms with Crippen molar-refractivity contribution in [3.05, 3.63) is 22.6 Å². The van der Waals surface area contributed by atoms with E-state index in [0.717, 1.165) is 0 Å². The van der Waals surface area contributed by atoms with Crippen molar-refractivity contribution in [2.45, 2.75) is 12.2 Å². The highest BCUT2D eigenvalue weighted by molar-refractivity contribution is 9.10. The first-order valence-electron chi connectivity index (χ1n) is 3.16. The Balaban J connectivity index is 2.79. The average Bonchev–Trinajstić information content (AvgIpc) is 2.49. The van der Waals surface area contributed by atoms with E-state index < -0.39 is 12.2 Å². The van der Waals surface area contributed by atoms with Crippen molar-refractivity contribution < 1.29 is 14.6 Å². The van der Waals surface area contributed by atoms with Gasteiger partial charge in [-0.15, -0.1) is 0 Å². The molecule has 0 aliphatic rings. The fourth-order valence-electron chi connectivity index (χ4n) is 0.713. The molecule has 1 aromatic heterocycles. The molecule has 0 aliphatic carbocycles. The summed E-state index contributed by atoms with van der Waals surface area (Å²) >= 11 is 3.03. The number of halogens is 1. The Labute approximate surface area is 77.2 Å². The van der Waals surface area contributed by atoms with Gasteiger partial charge in [0.05, 0.1) is 6.07 Å². The van der Waals surface area contributed by atoms with E-state index in [1.165, 1.54) is 12.1 Å². The number of hydrogen-bond acceptors (Lipinski definition) is 4. The SMILES string of the molecule is N#CC(O)C(O)c1ccc(Br)o1. The molecule has 64 valence electrons. The van der Waals surface area contributed by atoms with Crippen molar-refractivity contribution >= 4 is 15.9 Å². The second-order valence-corrected chi connectivity index (χ2v) is 2.94. The first-order chi connectivity index (χ1) is 5.65. The van der Waals surface area contributed by atoms with Crippen molar-refractivity contribution in [2.75, 3.05) is 0 Å². The molecule has 2 unspecified atom stereocenters. The third-order valence-electron chi connectivity index (χ3n) is 1.32. The molecule has 0 fully saturated rings. The summed E-state index contributed by atoms with van der Waals surface area (Å²) in [5.41, 5.74) is 0. The summed E-state index contributed by atoms with van der Waals surface area (Å²) in [5, 5.41) is 26.4. The number of aliphatic hydroxyl groups excluding tert-OH is 2. The van der Waals surface area contributed by atoms with Crippen LogP contribution in [0.15, 0.2) is 21.2 Å². The predicted octanol–water partition coefficient (Wildman–Crippen LogP) is 0.960. The summed E-state index contributed by atoms with van der Waals surface area (Å²) in [4.78, 5) is 0. The molecular formula is C7H6BrNO3. The number of furan rings is 1. The van der Waals surface area contributed by atoms with E-state index in [-0.39, 0.29) is 5.76 Å². The van der Waals surface area contributed by atoms with E-state index in [2.05, 4.69) is 15.9 Å². The van der Waals surface area contributed by atoms with Crippen LogP contribution in [0.2, 0.25) is 0 Å². The Hall–Kier alpha value is -0.830. The zero-order valence-electron chi connectivity index (χ0n) is 5.94. The van der Waals surface area contributed by atoms with Gasteiger partial charge < -0.3 is 14.6 Å². The number of rotatable bonds is 2. The van der Waals surface area contributed by atoms with Gasteiger partial charge in [-0.2, -0.15) is 5.26 Å². The number of nitrogens with zero attached hydrogens (tertiary/aromatic N) is 1. The quantitative estimate of drug-likeness (QED) is 0.744. The third kappa shape index (κ3) is 1.85. The summed E-state index contributed by atoms with van der Waals surface area (Å²) in [5.74, 6) is 0.163. The molecule has 0 amide bonds. The standard InChI is InChI=1S/C7H6BrNO3/c8-6-2-1-5(12-6)7(11)4(10)3-9/h1-2,4,7,10-11H. The summed E-state index contributed by atoms with van der Waals surface area (Å²) in [6.45, 7) is 0. The molecule has 5 heteroatoms. The van der Waals surface area contributed by atoms with Crippen molar-refractivity contribution in [1.82, 2.24) is 0 Å². The van der Waals surface area contributed by atoms with Gasteiger partial charge in [0.25, 0.3) is 0 Å². The Morgan fingerprint density at radius 3 is 2.58 bits per heavy atom.